The number of hydrogen-bond donors (Lipinski definition) is 0. The van der Waals surface area contributed by atoms with Gasteiger partial charge in [-0.05, 0) is 92.5 Å². The molecule has 0 radical (unpaired) electrons. The summed E-state index contributed by atoms with van der Waals surface area (Å²) < 4.78 is 20.6. The molecule has 0 saturated carbocycles. The van der Waals surface area contributed by atoms with Gasteiger partial charge in [-0.25, -0.2) is 4.39 Å². The van der Waals surface area contributed by atoms with Crippen LogP contribution in [0.25, 0.3) is 11.1 Å². The Balaban J connectivity index is 2.05. The van der Waals surface area contributed by atoms with E-state index < -0.39 is 0 Å². The van der Waals surface area contributed by atoms with Crippen LogP contribution in [0, 0.1) is 19.7 Å². The third-order valence-corrected chi connectivity index (χ3v) is 6.61. The summed E-state index contributed by atoms with van der Waals surface area (Å²) in [5.74, 6) is 0.111. The second-order valence-electron chi connectivity index (χ2n) is 8.75. The standard InChI is InChI=1S/C24H28FNO2/c1-14-11-21-19(13-24(3,4)26(21)5)22(16(14)8-9-27)18-12-20(25)23-17(15(18)2)7-6-10-28-23/h9,11-12H,6-8,10,13H2,1-5H3. The predicted octanol–water partition coefficient (Wildman–Crippen LogP) is 4.95. The molecule has 0 N–H and O–H groups in total. The largest absolute Gasteiger partial charge is 0.490 e. The van der Waals surface area contributed by atoms with Crippen molar-refractivity contribution in [2.75, 3.05) is 18.6 Å². The van der Waals surface area contributed by atoms with Gasteiger partial charge >= 0.3 is 0 Å². The first-order valence-electron chi connectivity index (χ1n) is 10.0. The maximum absolute atomic E-state index is 15.0. The lowest BCUT2D eigenvalue weighted by molar-refractivity contribution is -0.107. The molecule has 2 aliphatic heterocycles. The van der Waals surface area contributed by atoms with Gasteiger partial charge in [0.15, 0.2) is 11.6 Å². The maximum Gasteiger partial charge on any atom is 0.165 e. The third-order valence-electron chi connectivity index (χ3n) is 6.61. The monoisotopic (exact) mass is 381 g/mol. The van der Waals surface area contributed by atoms with Crippen LogP contribution in [0.15, 0.2) is 12.1 Å². The fraction of sp³-hybridized carbons (Fsp3) is 0.458. The summed E-state index contributed by atoms with van der Waals surface area (Å²) in [6.45, 7) is 9.12. The summed E-state index contributed by atoms with van der Waals surface area (Å²) in [6.07, 6.45) is 3.89. The lowest BCUT2D eigenvalue weighted by Crippen LogP contribution is -2.37. The molecule has 0 aromatic heterocycles. The van der Waals surface area contributed by atoms with Crippen LogP contribution in [0.5, 0.6) is 5.75 Å². The average Bonchev–Trinajstić information content (AvgIpc) is 2.89. The van der Waals surface area contributed by atoms with E-state index in [1.807, 2.05) is 0 Å². The zero-order chi connectivity index (χ0) is 20.2. The molecule has 2 heterocycles. The van der Waals surface area contributed by atoms with Gasteiger partial charge in [0.2, 0.25) is 0 Å². The highest BCUT2D eigenvalue weighted by Gasteiger charge is 2.37. The van der Waals surface area contributed by atoms with Crippen LogP contribution >= 0.6 is 0 Å². The van der Waals surface area contributed by atoms with Gasteiger partial charge in [-0.2, -0.15) is 0 Å². The van der Waals surface area contributed by atoms with E-state index in [0.717, 1.165) is 58.9 Å². The highest BCUT2D eigenvalue weighted by atomic mass is 19.1. The second kappa shape index (κ2) is 6.61. The number of nitrogens with zero attached hydrogens (tertiary/aromatic N) is 1. The molecular weight excluding hydrogens is 353 g/mol. The van der Waals surface area contributed by atoms with Gasteiger partial charge in [-0.1, -0.05) is 0 Å². The molecule has 0 unspecified atom stereocenters. The van der Waals surface area contributed by atoms with Gasteiger partial charge < -0.3 is 14.4 Å². The lowest BCUT2D eigenvalue weighted by atomic mass is 9.83. The van der Waals surface area contributed by atoms with Crippen molar-refractivity contribution in [2.45, 2.75) is 58.9 Å². The molecule has 148 valence electrons. The summed E-state index contributed by atoms with van der Waals surface area (Å²) in [6, 6.07) is 3.80. The first-order chi connectivity index (χ1) is 13.3. The predicted molar refractivity (Wildman–Crippen MR) is 111 cm³/mol. The average molecular weight is 381 g/mol. The van der Waals surface area contributed by atoms with Crippen LogP contribution in [-0.2, 0) is 24.1 Å². The summed E-state index contributed by atoms with van der Waals surface area (Å²) >= 11 is 0. The highest BCUT2D eigenvalue weighted by molar-refractivity contribution is 5.85. The Kier molecular flexibility index (Phi) is 4.48. The fourth-order valence-electron chi connectivity index (χ4n) is 4.83. The van der Waals surface area contributed by atoms with Crippen molar-refractivity contribution in [3.63, 3.8) is 0 Å². The molecule has 0 bridgehead atoms. The number of likely N-dealkylation sites (N-methyl/N-ethyl adjacent to an activating group) is 1. The van der Waals surface area contributed by atoms with E-state index in [9.17, 15) is 9.18 Å². The minimum absolute atomic E-state index is 0.0207. The topological polar surface area (TPSA) is 29.5 Å². The van der Waals surface area contributed by atoms with Gasteiger partial charge in [-0.15, -0.1) is 0 Å². The first kappa shape index (κ1) is 19.0. The van der Waals surface area contributed by atoms with Crippen LogP contribution < -0.4 is 9.64 Å². The molecule has 0 saturated heterocycles. The number of anilines is 1. The minimum Gasteiger partial charge on any atom is -0.490 e. The molecule has 2 aliphatic rings. The van der Waals surface area contributed by atoms with Crippen LogP contribution in [-0.4, -0.2) is 25.5 Å². The van der Waals surface area contributed by atoms with Crippen molar-refractivity contribution in [3.8, 4) is 16.9 Å². The zero-order valence-corrected chi connectivity index (χ0v) is 17.4. The molecule has 0 amide bonds. The molecule has 28 heavy (non-hydrogen) atoms. The molecule has 4 rings (SSSR count). The van der Waals surface area contributed by atoms with E-state index >= 15 is 0 Å². The minimum atomic E-state index is -0.298. The Bertz CT molecular complexity index is 978. The molecule has 0 atom stereocenters. The van der Waals surface area contributed by atoms with Crippen LogP contribution in [0.3, 0.4) is 0 Å². The summed E-state index contributed by atoms with van der Waals surface area (Å²) in [5.41, 5.74) is 8.47. The van der Waals surface area contributed by atoms with Crippen molar-refractivity contribution in [3.05, 3.63) is 45.8 Å². The molecule has 3 nitrogen and oxygen atoms in total. The SMILES string of the molecule is Cc1cc2c(c(-c3cc(F)c4c(c3C)CCCO4)c1CC=O)CC(C)(C)N2C. The van der Waals surface area contributed by atoms with Crippen LogP contribution in [0.1, 0.15) is 48.1 Å². The Morgan fingerprint density at radius 2 is 2.00 bits per heavy atom. The molecule has 0 fully saturated rings. The number of hydrogen-bond acceptors (Lipinski definition) is 3. The van der Waals surface area contributed by atoms with Crippen molar-refractivity contribution in [2.24, 2.45) is 0 Å². The Morgan fingerprint density at radius 1 is 1.25 bits per heavy atom. The highest BCUT2D eigenvalue weighted by Crippen LogP contribution is 2.47. The number of rotatable bonds is 3. The zero-order valence-electron chi connectivity index (χ0n) is 17.4. The van der Waals surface area contributed by atoms with Crippen molar-refractivity contribution < 1.29 is 13.9 Å². The number of benzene rings is 2. The Labute approximate surface area is 166 Å². The quantitative estimate of drug-likeness (QED) is 0.705. The molecule has 0 aliphatic carbocycles. The van der Waals surface area contributed by atoms with Gasteiger partial charge in [-0.3, -0.25) is 0 Å². The van der Waals surface area contributed by atoms with Gasteiger partial charge in [0.1, 0.15) is 6.29 Å². The third kappa shape index (κ3) is 2.73. The van der Waals surface area contributed by atoms with Gasteiger partial charge in [0, 0.05) is 30.3 Å². The Hall–Kier alpha value is -2.36. The summed E-state index contributed by atoms with van der Waals surface area (Å²) in [5, 5.41) is 0. The van der Waals surface area contributed by atoms with E-state index in [1.54, 1.807) is 6.07 Å². The van der Waals surface area contributed by atoms with Gasteiger partial charge in [0.25, 0.3) is 0 Å². The van der Waals surface area contributed by atoms with Crippen molar-refractivity contribution in [1.82, 2.24) is 0 Å². The fourth-order valence-corrected chi connectivity index (χ4v) is 4.83. The molecule has 2 aromatic rings. The number of carbonyl (C=O) groups excluding carboxylic acids is 1. The van der Waals surface area contributed by atoms with E-state index in [0.29, 0.717) is 18.8 Å². The number of ether oxygens (including phenoxy) is 1. The molecular formula is C24H28FNO2. The van der Waals surface area contributed by atoms with Crippen molar-refractivity contribution >= 4 is 12.0 Å². The van der Waals surface area contributed by atoms with E-state index in [-0.39, 0.29) is 11.4 Å². The van der Waals surface area contributed by atoms with Gasteiger partial charge in [0.05, 0.1) is 6.61 Å². The van der Waals surface area contributed by atoms with Crippen LogP contribution in [0.2, 0.25) is 0 Å². The smallest absolute Gasteiger partial charge is 0.165 e. The first-order valence-corrected chi connectivity index (χ1v) is 10.0. The number of carbonyl (C=O) groups is 1. The number of aldehydes is 1. The molecule has 4 heteroatoms. The molecule has 0 spiro atoms. The number of fused-ring (bicyclic) bond motifs is 2. The number of halogens is 1. The van der Waals surface area contributed by atoms with E-state index in [2.05, 4.69) is 45.7 Å². The van der Waals surface area contributed by atoms with Crippen molar-refractivity contribution in [1.29, 1.82) is 0 Å². The van der Waals surface area contributed by atoms with E-state index in [4.69, 9.17) is 4.74 Å². The normalized spacial score (nSPS) is 17.1. The molecule has 2 aromatic carbocycles. The summed E-state index contributed by atoms with van der Waals surface area (Å²) in [4.78, 5) is 13.8. The Morgan fingerprint density at radius 3 is 2.71 bits per heavy atom. The lowest BCUT2D eigenvalue weighted by Gasteiger charge is -2.30. The maximum atomic E-state index is 15.0. The van der Waals surface area contributed by atoms with Crippen LogP contribution in [0.4, 0.5) is 10.1 Å². The number of aryl methyl sites for hydroxylation is 1. The summed E-state index contributed by atoms with van der Waals surface area (Å²) in [7, 11) is 2.11. The second-order valence-corrected chi connectivity index (χ2v) is 8.75. The van der Waals surface area contributed by atoms with E-state index in [1.165, 1.54) is 11.3 Å².